The summed E-state index contributed by atoms with van der Waals surface area (Å²) in [7, 11) is 0. The summed E-state index contributed by atoms with van der Waals surface area (Å²) in [5.74, 6) is 0.666. The number of nitriles is 1. The minimum Gasteiger partial charge on any atom is -0.280 e. The van der Waals surface area contributed by atoms with E-state index in [9.17, 15) is 5.26 Å². The molecule has 1 aromatic heterocycles. The molecule has 0 radical (unpaired) electrons. The Bertz CT molecular complexity index is 802. The zero-order valence-electron chi connectivity index (χ0n) is 12.3. The molecule has 0 saturated heterocycles. The van der Waals surface area contributed by atoms with Crippen molar-refractivity contribution in [3.63, 3.8) is 0 Å². The quantitative estimate of drug-likeness (QED) is 0.918. The topological polar surface area (TPSA) is 52.5 Å². The van der Waals surface area contributed by atoms with Crippen LogP contribution in [0.25, 0.3) is 11.1 Å². The molecule has 22 heavy (non-hydrogen) atoms. The zero-order chi connectivity index (χ0) is 15.0. The maximum Gasteiger partial charge on any atom is 0.121 e. The summed E-state index contributed by atoms with van der Waals surface area (Å²) >= 11 is 0. The molecule has 1 atom stereocenters. The van der Waals surface area contributed by atoms with E-state index in [1.165, 1.54) is 24.0 Å². The first-order chi connectivity index (χ1) is 10.8. The Kier molecular flexibility index (Phi) is 2.97. The van der Waals surface area contributed by atoms with Crippen LogP contribution < -0.4 is 0 Å². The van der Waals surface area contributed by atoms with Crippen molar-refractivity contribution >= 4 is 0 Å². The minimum atomic E-state index is -0.642. The van der Waals surface area contributed by atoms with Crippen LogP contribution in [0.15, 0.2) is 54.8 Å². The number of rotatable bonds is 3. The van der Waals surface area contributed by atoms with E-state index in [2.05, 4.69) is 40.5 Å². The summed E-state index contributed by atoms with van der Waals surface area (Å²) in [5.41, 5.74) is 3.92. The molecule has 1 heterocycles. The van der Waals surface area contributed by atoms with Crippen molar-refractivity contribution in [3.8, 4) is 17.2 Å². The van der Waals surface area contributed by atoms with Gasteiger partial charge >= 0.3 is 0 Å². The Morgan fingerprint density at radius 3 is 2.77 bits per heavy atom. The molecule has 1 saturated carbocycles. The van der Waals surface area contributed by atoms with Crippen LogP contribution in [0.4, 0.5) is 0 Å². The maximum absolute atomic E-state index is 9.79. The molecule has 0 spiro atoms. The predicted molar refractivity (Wildman–Crippen MR) is 86.2 cm³/mol. The fourth-order valence-electron chi connectivity index (χ4n) is 3.27. The van der Waals surface area contributed by atoms with Gasteiger partial charge in [-0.05, 0) is 36.3 Å². The van der Waals surface area contributed by atoms with Gasteiger partial charge in [-0.25, -0.2) is 0 Å². The Hall–Kier alpha value is -2.60. The van der Waals surface area contributed by atoms with E-state index in [4.69, 9.17) is 0 Å². The number of hydrogen-bond donors (Lipinski definition) is 1. The summed E-state index contributed by atoms with van der Waals surface area (Å²) in [6.45, 7) is 0. The molecule has 0 aliphatic heterocycles. The monoisotopic (exact) mass is 287 g/mol. The summed E-state index contributed by atoms with van der Waals surface area (Å²) in [4.78, 5) is 0. The first kappa shape index (κ1) is 13.1. The highest BCUT2D eigenvalue weighted by molar-refractivity contribution is 5.72. The van der Waals surface area contributed by atoms with Gasteiger partial charge in [0.25, 0.3) is 0 Å². The third-order valence-corrected chi connectivity index (χ3v) is 4.62. The van der Waals surface area contributed by atoms with Gasteiger partial charge in [-0.15, -0.1) is 0 Å². The summed E-state index contributed by atoms with van der Waals surface area (Å²) in [6.07, 6.45) is 13.0. The lowest BCUT2D eigenvalue weighted by Crippen LogP contribution is -2.23. The van der Waals surface area contributed by atoms with Gasteiger partial charge in [-0.1, -0.05) is 48.6 Å². The second kappa shape index (κ2) is 4.99. The van der Waals surface area contributed by atoms with Gasteiger partial charge in [0.2, 0.25) is 0 Å². The van der Waals surface area contributed by atoms with Crippen molar-refractivity contribution in [1.29, 1.82) is 5.26 Å². The maximum atomic E-state index is 9.79. The van der Waals surface area contributed by atoms with E-state index in [1.807, 2.05) is 30.5 Å². The van der Waals surface area contributed by atoms with Crippen molar-refractivity contribution in [2.45, 2.75) is 30.6 Å². The van der Waals surface area contributed by atoms with Crippen molar-refractivity contribution in [2.24, 2.45) is 0 Å². The lowest BCUT2D eigenvalue weighted by Gasteiger charge is -2.24. The predicted octanol–water partition coefficient (Wildman–Crippen LogP) is 4.23. The molecule has 0 bridgehead atoms. The van der Waals surface area contributed by atoms with Gasteiger partial charge in [0.05, 0.1) is 18.0 Å². The number of benzene rings is 1. The number of nitrogens with zero attached hydrogens (tertiary/aromatic N) is 2. The van der Waals surface area contributed by atoms with Crippen molar-refractivity contribution in [1.82, 2.24) is 10.2 Å². The molecule has 0 amide bonds. The molecule has 108 valence electrons. The van der Waals surface area contributed by atoms with Crippen LogP contribution in [0, 0.1) is 11.3 Å². The molecule has 3 heteroatoms. The average Bonchev–Trinajstić information content (AvgIpc) is 3.32. The lowest BCUT2D eigenvalue weighted by molar-refractivity contribution is 0.662. The van der Waals surface area contributed by atoms with Crippen LogP contribution in [0.5, 0.6) is 0 Å². The SMILES string of the molecule is N#CC1(c2[nH]ncc2-c2ccccc2C2CC2)C=CC=CC1. The number of aromatic nitrogens is 2. The number of hydrogen-bond acceptors (Lipinski definition) is 2. The third kappa shape index (κ3) is 2.00. The molecule has 2 aromatic rings. The second-order valence-electron chi connectivity index (χ2n) is 6.09. The second-order valence-corrected chi connectivity index (χ2v) is 6.09. The molecule has 4 rings (SSSR count). The number of H-pyrrole nitrogens is 1. The molecule has 1 unspecified atom stereocenters. The Morgan fingerprint density at radius 2 is 2.05 bits per heavy atom. The minimum absolute atomic E-state index is 0.642. The van der Waals surface area contributed by atoms with Gasteiger partial charge in [0, 0.05) is 5.56 Å². The van der Waals surface area contributed by atoms with E-state index >= 15 is 0 Å². The highest BCUT2D eigenvalue weighted by atomic mass is 15.1. The first-order valence-electron chi connectivity index (χ1n) is 7.73. The van der Waals surface area contributed by atoms with Crippen molar-refractivity contribution in [3.05, 3.63) is 66.0 Å². The molecule has 1 N–H and O–H groups in total. The molecular formula is C19H17N3. The molecule has 1 aromatic carbocycles. The van der Waals surface area contributed by atoms with E-state index in [1.54, 1.807) is 0 Å². The highest BCUT2D eigenvalue weighted by Crippen LogP contribution is 2.46. The third-order valence-electron chi connectivity index (χ3n) is 4.62. The van der Waals surface area contributed by atoms with Crippen LogP contribution in [0.2, 0.25) is 0 Å². The molecule has 2 aliphatic rings. The van der Waals surface area contributed by atoms with Crippen LogP contribution in [-0.2, 0) is 5.41 Å². The van der Waals surface area contributed by atoms with E-state index in [0.717, 1.165) is 11.3 Å². The van der Waals surface area contributed by atoms with Gasteiger partial charge in [-0.3, -0.25) is 5.10 Å². The van der Waals surface area contributed by atoms with Crippen molar-refractivity contribution < 1.29 is 0 Å². The largest absolute Gasteiger partial charge is 0.280 e. The smallest absolute Gasteiger partial charge is 0.121 e. The number of nitrogens with one attached hydrogen (secondary N) is 1. The molecule has 3 nitrogen and oxygen atoms in total. The van der Waals surface area contributed by atoms with Crippen molar-refractivity contribution in [2.75, 3.05) is 0 Å². The van der Waals surface area contributed by atoms with Crippen LogP contribution in [-0.4, -0.2) is 10.2 Å². The molecular weight excluding hydrogens is 270 g/mol. The Morgan fingerprint density at radius 1 is 1.18 bits per heavy atom. The first-order valence-corrected chi connectivity index (χ1v) is 7.73. The van der Waals surface area contributed by atoms with Crippen LogP contribution in [0.1, 0.15) is 36.4 Å². The van der Waals surface area contributed by atoms with E-state index in [-0.39, 0.29) is 0 Å². The van der Waals surface area contributed by atoms with Crippen LogP contribution in [0.3, 0.4) is 0 Å². The highest BCUT2D eigenvalue weighted by Gasteiger charge is 2.35. The van der Waals surface area contributed by atoms with Gasteiger partial charge in [0.15, 0.2) is 0 Å². The van der Waals surface area contributed by atoms with Gasteiger partial charge in [-0.2, -0.15) is 10.4 Å². The lowest BCUT2D eigenvalue weighted by atomic mass is 9.77. The molecule has 2 aliphatic carbocycles. The Labute approximate surface area is 130 Å². The summed E-state index contributed by atoms with van der Waals surface area (Å²) < 4.78 is 0. The van der Waals surface area contributed by atoms with Crippen LogP contribution >= 0.6 is 0 Å². The standard InChI is InChI=1S/C19H17N3/c20-13-19(10-4-1-5-11-19)18-17(12-21-22-18)16-7-3-2-6-15(16)14-8-9-14/h1-7,10,12,14H,8-9,11H2,(H,21,22). The normalized spacial score (nSPS) is 23.4. The molecule has 1 fully saturated rings. The number of allylic oxidation sites excluding steroid dienone is 4. The fourth-order valence-corrected chi connectivity index (χ4v) is 3.27. The van der Waals surface area contributed by atoms with E-state index in [0.29, 0.717) is 12.3 Å². The van der Waals surface area contributed by atoms with E-state index < -0.39 is 5.41 Å². The zero-order valence-corrected chi connectivity index (χ0v) is 12.3. The van der Waals surface area contributed by atoms with Gasteiger partial charge in [0.1, 0.15) is 5.41 Å². The average molecular weight is 287 g/mol. The summed E-state index contributed by atoms with van der Waals surface area (Å²) in [6, 6.07) is 11.0. The van der Waals surface area contributed by atoms with Gasteiger partial charge < -0.3 is 0 Å². The number of aromatic amines is 1. The Balaban J connectivity index is 1.86. The fraction of sp³-hybridized carbons (Fsp3) is 0.263. The summed E-state index contributed by atoms with van der Waals surface area (Å²) in [5, 5.41) is 17.1.